The van der Waals surface area contributed by atoms with E-state index >= 15 is 0 Å². The normalized spacial score (nSPS) is 16.9. The van der Waals surface area contributed by atoms with E-state index in [0.29, 0.717) is 12.2 Å². The molecule has 7 nitrogen and oxygen atoms in total. The number of thiazole rings is 1. The molecule has 0 spiro atoms. The summed E-state index contributed by atoms with van der Waals surface area (Å²) in [5.41, 5.74) is 3.19. The second kappa shape index (κ2) is 12.5. The molecule has 1 atom stereocenters. The first-order chi connectivity index (χ1) is 19.2. The fourth-order valence-electron chi connectivity index (χ4n) is 4.26. The fraction of sp³-hybridized carbons (Fsp3) is 0.500. The number of halogens is 4. The third-order valence-corrected chi connectivity index (χ3v) is 13.6. The summed E-state index contributed by atoms with van der Waals surface area (Å²) in [5.74, 6) is -3.46. The average molecular weight is 626 g/mol. The molecule has 1 aliphatic rings. The smallest absolute Gasteiger partial charge is 0.252 e. The van der Waals surface area contributed by atoms with E-state index in [0.717, 1.165) is 23.0 Å². The van der Waals surface area contributed by atoms with E-state index < -0.39 is 26.0 Å². The van der Waals surface area contributed by atoms with E-state index in [1.165, 1.54) is 11.3 Å². The molecular weight excluding hydrogens is 591 g/mol. The van der Waals surface area contributed by atoms with Crippen LogP contribution in [0.1, 0.15) is 60.6 Å². The Hall–Kier alpha value is -2.38. The fourth-order valence-corrected chi connectivity index (χ4v) is 6.32. The first-order valence-electron chi connectivity index (χ1n) is 13.4. The number of benzene rings is 1. The topological polar surface area (TPSA) is 80.2 Å². The zero-order valence-corrected chi connectivity index (χ0v) is 26.4. The van der Waals surface area contributed by atoms with Gasteiger partial charge >= 0.3 is 0 Å². The van der Waals surface area contributed by atoms with Crippen molar-refractivity contribution in [2.24, 2.45) is 0 Å². The molecule has 3 aromatic rings. The van der Waals surface area contributed by atoms with Gasteiger partial charge in [-0.1, -0.05) is 32.4 Å². The number of hydrogen-bond acceptors (Lipinski definition) is 7. The first-order valence-corrected chi connectivity index (χ1v) is 17.6. The van der Waals surface area contributed by atoms with Crippen molar-refractivity contribution in [1.29, 1.82) is 0 Å². The summed E-state index contributed by atoms with van der Waals surface area (Å²) in [7, 11) is -2.06. The molecule has 3 heterocycles. The molecule has 4 rings (SSSR count). The van der Waals surface area contributed by atoms with Gasteiger partial charge in [-0.05, 0) is 36.3 Å². The zero-order valence-electron chi connectivity index (χ0n) is 23.8. The second-order valence-electron chi connectivity index (χ2n) is 11.7. The van der Waals surface area contributed by atoms with E-state index in [2.05, 4.69) is 54.1 Å². The van der Waals surface area contributed by atoms with Crippen LogP contribution in [0, 0.1) is 5.82 Å². The quantitative estimate of drug-likeness (QED) is 0.255. The summed E-state index contributed by atoms with van der Waals surface area (Å²) in [6.07, 6.45) is 1.59. The summed E-state index contributed by atoms with van der Waals surface area (Å²) in [5, 5.41) is 3.19. The van der Waals surface area contributed by atoms with Crippen LogP contribution in [0.4, 0.5) is 13.2 Å². The van der Waals surface area contributed by atoms with E-state index in [1.807, 2.05) is 4.90 Å². The molecule has 0 aliphatic carbocycles. The number of rotatable bonds is 9. The Labute approximate surface area is 248 Å². The van der Waals surface area contributed by atoms with Crippen LogP contribution in [0.2, 0.25) is 23.2 Å². The lowest BCUT2D eigenvalue weighted by Crippen LogP contribution is -2.45. The molecule has 13 heteroatoms. The molecule has 1 amide bonds. The summed E-state index contributed by atoms with van der Waals surface area (Å²) >= 11 is 7.80. The van der Waals surface area contributed by atoms with Crippen LogP contribution in [0.15, 0.2) is 36.1 Å². The van der Waals surface area contributed by atoms with Gasteiger partial charge in [0.2, 0.25) is 0 Å². The molecule has 2 aromatic heterocycles. The Balaban J connectivity index is 1.56. The highest BCUT2D eigenvalue weighted by molar-refractivity contribution is 7.09. The molecule has 1 aliphatic heterocycles. The number of nitrogens with zero attached hydrogens (tertiary/aromatic N) is 4. The number of piperidine rings is 1. The predicted molar refractivity (Wildman–Crippen MR) is 157 cm³/mol. The lowest BCUT2D eigenvalue weighted by Gasteiger charge is -2.38. The molecule has 222 valence electrons. The lowest BCUT2D eigenvalue weighted by atomic mass is 10.0. The van der Waals surface area contributed by atoms with Gasteiger partial charge in [0.25, 0.3) is 11.8 Å². The summed E-state index contributed by atoms with van der Waals surface area (Å²) < 4.78 is 47.8. The number of aromatic nitrogens is 3. The van der Waals surface area contributed by atoms with Gasteiger partial charge in [0.1, 0.15) is 0 Å². The van der Waals surface area contributed by atoms with Crippen molar-refractivity contribution in [1.82, 2.24) is 25.2 Å². The van der Waals surface area contributed by atoms with Gasteiger partial charge in [-0.25, -0.2) is 28.1 Å². The highest BCUT2D eigenvalue weighted by atomic mass is 35.5. The van der Waals surface area contributed by atoms with Crippen LogP contribution in [0.5, 0.6) is 0 Å². The third kappa shape index (κ3) is 7.72. The van der Waals surface area contributed by atoms with Gasteiger partial charge in [0.15, 0.2) is 20.0 Å². The summed E-state index contributed by atoms with van der Waals surface area (Å²) in [4.78, 5) is 28.7. The summed E-state index contributed by atoms with van der Waals surface area (Å²) in [6.45, 7) is 11.7. The number of hydrogen-bond donors (Lipinski definition) is 1. The minimum atomic E-state index is -2.71. The van der Waals surface area contributed by atoms with Crippen molar-refractivity contribution in [3.05, 3.63) is 63.1 Å². The first kappa shape index (κ1) is 31.6. The van der Waals surface area contributed by atoms with E-state index in [-0.39, 0.29) is 60.0 Å². The second-order valence-corrected chi connectivity index (χ2v) is 17.9. The van der Waals surface area contributed by atoms with Crippen LogP contribution < -0.4 is 5.32 Å². The average Bonchev–Trinajstić information content (AvgIpc) is 3.37. The number of amides is 1. The van der Waals surface area contributed by atoms with Crippen molar-refractivity contribution < 1.29 is 22.4 Å². The minimum Gasteiger partial charge on any atom is -0.411 e. The van der Waals surface area contributed by atoms with Crippen molar-refractivity contribution >= 4 is 37.2 Å². The Morgan fingerprint density at radius 2 is 1.85 bits per heavy atom. The van der Waals surface area contributed by atoms with Gasteiger partial charge in [0, 0.05) is 42.9 Å². The van der Waals surface area contributed by atoms with Crippen LogP contribution in [-0.4, -0.2) is 59.6 Å². The van der Waals surface area contributed by atoms with Crippen LogP contribution in [-0.2, 0) is 11.0 Å². The Morgan fingerprint density at radius 3 is 2.49 bits per heavy atom. The number of likely N-dealkylation sites (tertiary alicyclic amines) is 1. The number of carbonyl (C=O) groups is 1. The van der Waals surface area contributed by atoms with Crippen molar-refractivity contribution in [3.8, 4) is 11.4 Å². The standard InChI is InChI=1S/C28H35ClF3N5O2SSi/c1-27(2,3)41(4,5)39-16-22-24(40-17-36-22)23(37-10-8-28(31,32)9-11-37)15-35-26(38)20-12-18(6-7-21(20)29)25-33-13-19(30)14-34-25/h6-7,12-14,17,23H,8-11,15-16H2,1-5H3,(H,35,38). The monoisotopic (exact) mass is 625 g/mol. The molecule has 1 aromatic carbocycles. The minimum absolute atomic E-state index is 0.0156. The molecule has 41 heavy (non-hydrogen) atoms. The SMILES string of the molecule is CC(C)(C)[Si](C)(C)OCc1ncsc1C(CNC(=O)c1cc(-c2ncc(F)cn2)ccc1Cl)N1CCC(F)(F)CC1. The van der Waals surface area contributed by atoms with Gasteiger partial charge < -0.3 is 9.74 Å². The molecule has 1 N–H and O–H groups in total. The number of alkyl halides is 2. The van der Waals surface area contributed by atoms with E-state index in [1.54, 1.807) is 23.7 Å². The van der Waals surface area contributed by atoms with Crippen molar-refractivity contribution in [3.63, 3.8) is 0 Å². The molecule has 1 saturated heterocycles. The van der Waals surface area contributed by atoms with Crippen LogP contribution >= 0.6 is 22.9 Å². The highest BCUT2D eigenvalue weighted by Gasteiger charge is 2.39. The molecular formula is C28H35ClF3N5O2SSi. The van der Waals surface area contributed by atoms with Crippen molar-refractivity contribution in [2.45, 2.75) is 70.3 Å². The highest BCUT2D eigenvalue weighted by Crippen LogP contribution is 2.39. The van der Waals surface area contributed by atoms with Gasteiger partial charge in [-0.2, -0.15) is 0 Å². The number of nitrogens with one attached hydrogen (secondary N) is 1. The maximum absolute atomic E-state index is 14.0. The van der Waals surface area contributed by atoms with Crippen molar-refractivity contribution in [2.75, 3.05) is 19.6 Å². The van der Waals surface area contributed by atoms with E-state index in [9.17, 15) is 18.0 Å². The lowest BCUT2D eigenvalue weighted by molar-refractivity contribution is -0.0630. The molecule has 1 fully saturated rings. The van der Waals surface area contributed by atoms with Gasteiger partial charge in [-0.15, -0.1) is 11.3 Å². The largest absolute Gasteiger partial charge is 0.411 e. The van der Waals surface area contributed by atoms with E-state index in [4.69, 9.17) is 16.0 Å². The maximum Gasteiger partial charge on any atom is 0.252 e. The van der Waals surface area contributed by atoms with Gasteiger partial charge in [0.05, 0.1) is 46.8 Å². The predicted octanol–water partition coefficient (Wildman–Crippen LogP) is 7.12. The Kier molecular flexibility index (Phi) is 9.59. The summed E-state index contributed by atoms with van der Waals surface area (Å²) in [6, 6.07) is 4.38. The van der Waals surface area contributed by atoms with Gasteiger partial charge in [-0.3, -0.25) is 9.69 Å². The molecule has 0 saturated carbocycles. The molecule has 1 unspecified atom stereocenters. The van der Waals surface area contributed by atoms with Crippen LogP contribution in [0.25, 0.3) is 11.4 Å². The Morgan fingerprint density at radius 1 is 1.20 bits per heavy atom. The third-order valence-electron chi connectivity index (χ3n) is 7.87. The Bertz CT molecular complexity index is 1360. The number of carbonyl (C=O) groups excluding carboxylic acids is 1. The molecule has 0 radical (unpaired) electrons. The zero-order chi connectivity index (χ0) is 30.0. The van der Waals surface area contributed by atoms with Crippen LogP contribution in [0.3, 0.4) is 0 Å². The maximum atomic E-state index is 14.0. The molecule has 0 bridgehead atoms.